The molecule has 0 bridgehead atoms. The summed E-state index contributed by atoms with van der Waals surface area (Å²) in [6, 6.07) is 16.3. The second kappa shape index (κ2) is 6.33. The van der Waals surface area contributed by atoms with E-state index < -0.39 is 0 Å². The van der Waals surface area contributed by atoms with E-state index in [-0.39, 0.29) is 11.2 Å². The Morgan fingerprint density at radius 3 is 2.62 bits per heavy atom. The lowest BCUT2D eigenvalue weighted by Gasteiger charge is -2.16. The van der Waals surface area contributed by atoms with Gasteiger partial charge in [0, 0.05) is 4.90 Å². The third-order valence-electron chi connectivity index (χ3n) is 3.81. The van der Waals surface area contributed by atoms with Gasteiger partial charge in [-0.05, 0) is 48.1 Å². The van der Waals surface area contributed by atoms with Crippen LogP contribution in [0, 0.1) is 0 Å². The summed E-state index contributed by atoms with van der Waals surface area (Å²) >= 11 is 1.55. The van der Waals surface area contributed by atoms with E-state index in [2.05, 4.69) is 23.6 Å². The topological polar surface area (TPSA) is 55.1 Å². The van der Waals surface area contributed by atoms with Crippen LogP contribution in [0.4, 0.5) is 0 Å². The van der Waals surface area contributed by atoms with E-state index in [1.807, 2.05) is 30.3 Å². The van der Waals surface area contributed by atoms with Gasteiger partial charge >= 0.3 is 0 Å². The minimum Gasteiger partial charge on any atom is -0.293 e. The zero-order valence-corrected chi connectivity index (χ0v) is 12.5. The van der Waals surface area contributed by atoms with Crippen LogP contribution in [0.15, 0.2) is 53.4 Å². The van der Waals surface area contributed by atoms with Crippen molar-refractivity contribution in [1.29, 1.82) is 0 Å². The average Bonchev–Trinajstić information content (AvgIpc) is 3.00. The van der Waals surface area contributed by atoms with Crippen molar-refractivity contribution in [3.8, 4) is 0 Å². The van der Waals surface area contributed by atoms with Gasteiger partial charge in [0.05, 0.1) is 0 Å². The van der Waals surface area contributed by atoms with E-state index in [0.29, 0.717) is 0 Å². The van der Waals surface area contributed by atoms with E-state index in [1.165, 1.54) is 24.0 Å². The number of carbonyl (C=O) groups is 1. The molecule has 0 heterocycles. The van der Waals surface area contributed by atoms with Crippen molar-refractivity contribution in [2.75, 3.05) is 0 Å². The van der Waals surface area contributed by atoms with Crippen molar-refractivity contribution in [2.45, 2.75) is 29.4 Å². The van der Waals surface area contributed by atoms with Crippen molar-refractivity contribution < 1.29 is 4.79 Å². The smallest absolute Gasteiger partial charge is 0.251 e. The SMILES string of the molecule is NNC(=O)C(Sc1ccc2c(c1)CCC2)c1ccccc1. The minimum atomic E-state index is -0.323. The number of carbonyl (C=O) groups excluding carboxylic acids is 1. The van der Waals surface area contributed by atoms with Gasteiger partial charge in [-0.1, -0.05) is 36.4 Å². The Kier molecular flexibility index (Phi) is 4.27. The molecule has 0 fully saturated rings. The largest absolute Gasteiger partial charge is 0.293 e. The molecule has 3 N–H and O–H groups in total. The summed E-state index contributed by atoms with van der Waals surface area (Å²) in [5.74, 6) is 5.17. The minimum absolute atomic E-state index is 0.174. The number of aryl methyl sites for hydroxylation is 2. The standard InChI is InChI=1S/C17H18N2OS/c18-19-17(20)16(13-5-2-1-3-6-13)21-15-10-9-12-7-4-8-14(12)11-15/h1-3,5-6,9-11,16H,4,7-8,18H2,(H,19,20). The number of hydrogen-bond donors (Lipinski definition) is 2. The van der Waals surface area contributed by atoms with Crippen LogP contribution in [0.1, 0.15) is 28.4 Å². The van der Waals surface area contributed by atoms with Crippen LogP contribution in [0.2, 0.25) is 0 Å². The molecule has 0 saturated carbocycles. The summed E-state index contributed by atoms with van der Waals surface area (Å²) in [5.41, 5.74) is 6.10. The van der Waals surface area contributed by atoms with Gasteiger partial charge in [0.2, 0.25) is 0 Å². The molecule has 2 aromatic carbocycles. The lowest BCUT2D eigenvalue weighted by Crippen LogP contribution is -2.33. The number of hydrogen-bond acceptors (Lipinski definition) is 3. The monoisotopic (exact) mass is 298 g/mol. The fourth-order valence-corrected chi connectivity index (χ4v) is 3.83. The van der Waals surface area contributed by atoms with Gasteiger partial charge in [-0.25, -0.2) is 5.84 Å². The summed E-state index contributed by atoms with van der Waals surface area (Å²) in [6.07, 6.45) is 3.54. The molecule has 1 unspecified atom stereocenters. The summed E-state index contributed by atoms with van der Waals surface area (Å²) in [7, 11) is 0. The zero-order valence-electron chi connectivity index (χ0n) is 11.7. The fourth-order valence-electron chi connectivity index (χ4n) is 2.73. The van der Waals surface area contributed by atoms with Gasteiger partial charge < -0.3 is 0 Å². The third-order valence-corrected chi connectivity index (χ3v) is 5.05. The van der Waals surface area contributed by atoms with E-state index in [1.54, 1.807) is 11.8 Å². The van der Waals surface area contributed by atoms with E-state index in [4.69, 9.17) is 5.84 Å². The van der Waals surface area contributed by atoms with Gasteiger partial charge in [-0.15, -0.1) is 11.8 Å². The number of fused-ring (bicyclic) bond motifs is 1. The van der Waals surface area contributed by atoms with Crippen LogP contribution in [0.3, 0.4) is 0 Å². The average molecular weight is 298 g/mol. The van der Waals surface area contributed by atoms with Crippen LogP contribution in [0.25, 0.3) is 0 Å². The predicted octanol–water partition coefficient (Wildman–Crippen LogP) is 3.00. The van der Waals surface area contributed by atoms with Gasteiger partial charge in [0.15, 0.2) is 0 Å². The summed E-state index contributed by atoms with van der Waals surface area (Å²) in [6.45, 7) is 0. The fraction of sp³-hybridized carbons (Fsp3) is 0.235. The molecule has 1 atom stereocenters. The first-order chi connectivity index (χ1) is 10.3. The van der Waals surface area contributed by atoms with E-state index in [0.717, 1.165) is 16.9 Å². The molecule has 0 radical (unpaired) electrons. The Morgan fingerprint density at radius 1 is 1.10 bits per heavy atom. The van der Waals surface area contributed by atoms with Crippen molar-refractivity contribution in [3.05, 3.63) is 65.2 Å². The Hall–Kier alpha value is -1.78. The molecule has 0 aliphatic heterocycles. The highest BCUT2D eigenvalue weighted by Gasteiger charge is 2.22. The first-order valence-electron chi connectivity index (χ1n) is 7.12. The molecule has 3 rings (SSSR count). The number of rotatable bonds is 4. The molecule has 1 amide bonds. The molecule has 108 valence electrons. The van der Waals surface area contributed by atoms with Crippen LogP contribution in [0.5, 0.6) is 0 Å². The second-order valence-corrected chi connectivity index (χ2v) is 6.38. The first-order valence-corrected chi connectivity index (χ1v) is 8.00. The number of benzene rings is 2. The second-order valence-electron chi connectivity index (χ2n) is 5.20. The van der Waals surface area contributed by atoms with Gasteiger partial charge in [0.1, 0.15) is 5.25 Å². The molecular formula is C17H18N2OS. The summed E-state index contributed by atoms with van der Waals surface area (Å²) in [4.78, 5) is 13.2. The molecule has 0 aromatic heterocycles. The van der Waals surface area contributed by atoms with Gasteiger partial charge in [-0.3, -0.25) is 10.2 Å². The molecule has 21 heavy (non-hydrogen) atoms. The highest BCUT2D eigenvalue weighted by molar-refractivity contribution is 8.00. The number of amides is 1. The Labute approximate surface area is 128 Å². The van der Waals surface area contributed by atoms with Crippen LogP contribution in [-0.4, -0.2) is 5.91 Å². The predicted molar refractivity (Wildman–Crippen MR) is 85.8 cm³/mol. The first kappa shape index (κ1) is 14.2. The summed E-state index contributed by atoms with van der Waals surface area (Å²) in [5, 5.41) is -0.323. The maximum atomic E-state index is 12.1. The van der Waals surface area contributed by atoms with E-state index in [9.17, 15) is 4.79 Å². The van der Waals surface area contributed by atoms with Crippen molar-refractivity contribution in [1.82, 2.24) is 5.43 Å². The van der Waals surface area contributed by atoms with Crippen molar-refractivity contribution in [3.63, 3.8) is 0 Å². The lowest BCUT2D eigenvalue weighted by molar-refractivity contribution is -0.120. The maximum absolute atomic E-state index is 12.1. The molecule has 1 aliphatic rings. The Morgan fingerprint density at radius 2 is 1.86 bits per heavy atom. The summed E-state index contributed by atoms with van der Waals surface area (Å²) < 4.78 is 0. The highest BCUT2D eigenvalue weighted by Crippen LogP contribution is 2.37. The molecule has 0 saturated heterocycles. The Bertz CT molecular complexity index is 642. The van der Waals surface area contributed by atoms with Gasteiger partial charge in [0.25, 0.3) is 5.91 Å². The quantitative estimate of drug-likeness (QED) is 0.395. The maximum Gasteiger partial charge on any atom is 0.251 e. The molecule has 1 aliphatic carbocycles. The Balaban J connectivity index is 1.86. The van der Waals surface area contributed by atoms with Gasteiger partial charge in [-0.2, -0.15) is 0 Å². The van der Waals surface area contributed by atoms with Crippen LogP contribution < -0.4 is 11.3 Å². The number of nitrogens with two attached hydrogens (primary N) is 1. The van der Waals surface area contributed by atoms with Crippen LogP contribution in [-0.2, 0) is 17.6 Å². The number of nitrogens with one attached hydrogen (secondary N) is 1. The van der Waals surface area contributed by atoms with E-state index >= 15 is 0 Å². The third kappa shape index (κ3) is 3.12. The number of hydrazine groups is 1. The molecule has 2 aromatic rings. The normalized spacial score (nSPS) is 14.5. The zero-order chi connectivity index (χ0) is 14.7. The van der Waals surface area contributed by atoms with Crippen molar-refractivity contribution >= 4 is 17.7 Å². The molecule has 3 nitrogen and oxygen atoms in total. The van der Waals surface area contributed by atoms with Crippen molar-refractivity contribution in [2.24, 2.45) is 5.84 Å². The highest BCUT2D eigenvalue weighted by atomic mass is 32.2. The van der Waals surface area contributed by atoms with Crippen LogP contribution >= 0.6 is 11.8 Å². The number of thioether (sulfide) groups is 1. The molecular weight excluding hydrogens is 280 g/mol. The molecule has 4 heteroatoms. The molecule has 0 spiro atoms. The lowest BCUT2D eigenvalue weighted by atomic mass is 10.1.